The van der Waals surface area contributed by atoms with Crippen LogP contribution in [0.25, 0.3) is 16.7 Å². The highest BCUT2D eigenvalue weighted by molar-refractivity contribution is 5.79. The van der Waals surface area contributed by atoms with Gasteiger partial charge in [0.05, 0.1) is 23.5 Å². The SMILES string of the molecule is N#Cc1cc(-c2ccc(C3=CCCC(N4c5ccccc5N(C5=CCCCC5)C5C=CCCC54)C3)cc2)ccn1. The molecule has 0 bridgehead atoms. The van der Waals surface area contributed by atoms with Crippen molar-refractivity contribution in [2.24, 2.45) is 0 Å². The summed E-state index contributed by atoms with van der Waals surface area (Å²) >= 11 is 0. The van der Waals surface area contributed by atoms with Gasteiger partial charge in [-0.1, -0.05) is 60.7 Å². The molecule has 2 heterocycles. The second-order valence-corrected chi connectivity index (χ2v) is 11.6. The summed E-state index contributed by atoms with van der Waals surface area (Å²) < 4.78 is 0. The van der Waals surface area contributed by atoms with E-state index in [1.165, 1.54) is 66.7 Å². The van der Waals surface area contributed by atoms with Crippen LogP contribution in [0.1, 0.15) is 69.0 Å². The third-order valence-corrected chi connectivity index (χ3v) is 9.21. The van der Waals surface area contributed by atoms with Crippen molar-refractivity contribution in [3.63, 3.8) is 0 Å². The lowest BCUT2D eigenvalue weighted by atomic mass is 9.83. The molecule has 4 heteroatoms. The average Bonchev–Trinajstić information content (AvgIpc) is 3.04. The Morgan fingerprint density at radius 1 is 0.825 bits per heavy atom. The summed E-state index contributed by atoms with van der Waals surface area (Å²) in [6, 6.07) is 25.4. The average molecular weight is 525 g/mol. The van der Waals surface area contributed by atoms with E-state index in [-0.39, 0.29) is 0 Å². The Hall–Kier alpha value is -4.10. The first kappa shape index (κ1) is 24.9. The predicted octanol–water partition coefficient (Wildman–Crippen LogP) is 8.43. The van der Waals surface area contributed by atoms with Crippen molar-refractivity contribution in [3.05, 3.63) is 108 Å². The van der Waals surface area contributed by atoms with Gasteiger partial charge in [-0.3, -0.25) is 0 Å². The van der Waals surface area contributed by atoms with Crippen LogP contribution < -0.4 is 9.80 Å². The molecule has 3 aliphatic carbocycles. The molecule has 0 saturated heterocycles. The van der Waals surface area contributed by atoms with E-state index in [9.17, 15) is 5.26 Å². The van der Waals surface area contributed by atoms with E-state index < -0.39 is 0 Å². The minimum absolute atomic E-state index is 0.403. The van der Waals surface area contributed by atoms with Gasteiger partial charge in [0.2, 0.25) is 0 Å². The number of fused-ring (bicyclic) bond motifs is 2. The molecule has 0 saturated carbocycles. The normalized spacial score (nSPS) is 23.9. The van der Waals surface area contributed by atoms with Gasteiger partial charge >= 0.3 is 0 Å². The summed E-state index contributed by atoms with van der Waals surface area (Å²) in [5, 5.41) is 9.24. The van der Waals surface area contributed by atoms with E-state index in [0.29, 0.717) is 23.8 Å². The van der Waals surface area contributed by atoms with Crippen molar-refractivity contribution in [3.8, 4) is 17.2 Å². The quantitative estimate of drug-likeness (QED) is 0.321. The number of pyridine rings is 1. The largest absolute Gasteiger partial charge is 0.361 e. The summed E-state index contributed by atoms with van der Waals surface area (Å²) in [7, 11) is 0. The van der Waals surface area contributed by atoms with Crippen molar-refractivity contribution >= 4 is 16.9 Å². The van der Waals surface area contributed by atoms with Gasteiger partial charge in [-0.15, -0.1) is 0 Å². The van der Waals surface area contributed by atoms with Crippen LogP contribution in [0.2, 0.25) is 0 Å². The zero-order valence-electron chi connectivity index (χ0n) is 23.0. The highest BCUT2D eigenvalue weighted by Gasteiger charge is 2.43. The summed E-state index contributed by atoms with van der Waals surface area (Å²) in [5.41, 5.74) is 9.70. The van der Waals surface area contributed by atoms with Crippen LogP contribution in [0, 0.1) is 11.3 Å². The molecule has 7 rings (SSSR count). The number of hydrogen-bond donors (Lipinski definition) is 0. The van der Waals surface area contributed by atoms with Gasteiger partial charge in [-0.2, -0.15) is 5.26 Å². The number of nitrogens with zero attached hydrogens (tertiary/aromatic N) is 4. The molecule has 40 heavy (non-hydrogen) atoms. The third kappa shape index (κ3) is 4.54. The second kappa shape index (κ2) is 10.8. The number of nitriles is 1. The first-order valence-corrected chi connectivity index (χ1v) is 15.0. The molecule has 200 valence electrons. The molecule has 4 aliphatic rings. The minimum Gasteiger partial charge on any atom is -0.361 e. The van der Waals surface area contributed by atoms with E-state index in [1.807, 2.05) is 12.1 Å². The Morgan fingerprint density at radius 3 is 2.50 bits per heavy atom. The van der Waals surface area contributed by atoms with Crippen LogP contribution >= 0.6 is 0 Å². The Kier molecular flexibility index (Phi) is 6.73. The van der Waals surface area contributed by atoms with Gasteiger partial charge in [-0.05, 0) is 104 Å². The van der Waals surface area contributed by atoms with Crippen LogP contribution in [0.4, 0.5) is 11.4 Å². The molecule has 3 aromatic rings. The zero-order valence-corrected chi connectivity index (χ0v) is 23.0. The van der Waals surface area contributed by atoms with E-state index in [4.69, 9.17) is 0 Å². The maximum absolute atomic E-state index is 9.24. The van der Waals surface area contributed by atoms with Crippen LogP contribution in [-0.4, -0.2) is 23.1 Å². The van der Waals surface area contributed by atoms with Crippen molar-refractivity contribution < 1.29 is 0 Å². The van der Waals surface area contributed by atoms with Gasteiger partial charge in [0.25, 0.3) is 0 Å². The lowest BCUT2D eigenvalue weighted by Crippen LogP contribution is -2.59. The molecular formula is C36H36N4. The molecule has 0 spiro atoms. The molecule has 0 amide bonds. The Labute approximate surface area is 238 Å². The van der Waals surface area contributed by atoms with E-state index >= 15 is 0 Å². The number of hydrogen-bond acceptors (Lipinski definition) is 4. The number of para-hydroxylation sites is 2. The maximum Gasteiger partial charge on any atom is 0.141 e. The Morgan fingerprint density at radius 2 is 1.68 bits per heavy atom. The topological polar surface area (TPSA) is 43.2 Å². The van der Waals surface area contributed by atoms with E-state index in [0.717, 1.165) is 30.4 Å². The number of anilines is 2. The van der Waals surface area contributed by atoms with Crippen molar-refractivity contribution in [1.82, 2.24) is 4.98 Å². The molecule has 0 fully saturated rings. The van der Waals surface area contributed by atoms with Gasteiger partial charge in [-0.25, -0.2) is 4.98 Å². The predicted molar refractivity (Wildman–Crippen MR) is 164 cm³/mol. The summed E-state index contributed by atoms with van der Waals surface area (Å²) in [6.45, 7) is 0. The zero-order chi connectivity index (χ0) is 26.9. The molecule has 4 nitrogen and oxygen atoms in total. The number of aromatic nitrogens is 1. The second-order valence-electron chi connectivity index (χ2n) is 11.6. The van der Waals surface area contributed by atoms with Gasteiger partial charge in [0.1, 0.15) is 11.8 Å². The van der Waals surface area contributed by atoms with Crippen LogP contribution in [-0.2, 0) is 0 Å². The first-order valence-electron chi connectivity index (χ1n) is 15.0. The highest BCUT2D eigenvalue weighted by Crippen LogP contribution is 2.47. The van der Waals surface area contributed by atoms with Gasteiger partial charge in [0.15, 0.2) is 0 Å². The molecule has 3 atom stereocenters. The molecule has 3 unspecified atom stereocenters. The number of allylic oxidation sites excluding steroid dienone is 4. The smallest absolute Gasteiger partial charge is 0.141 e. The fourth-order valence-corrected chi connectivity index (χ4v) is 7.35. The molecule has 0 N–H and O–H groups in total. The highest BCUT2D eigenvalue weighted by atomic mass is 15.3. The molecule has 2 aromatic carbocycles. The molecule has 1 aromatic heterocycles. The summed E-state index contributed by atoms with van der Waals surface area (Å²) in [5.74, 6) is 0. The number of benzene rings is 2. The molecule has 1 aliphatic heterocycles. The fourth-order valence-electron chi connectivity index (χ4n) is 7.35. The van der Waals surface area contributed by atoms with Crippen molar-refractivity contribution in [2.75, 3.05) is 9.80 Å². The standard InChI is InChI=1S/C36H36N4/c37-25-30-23-29(21-22-38-30)27-19-17-26(18-20-27)28-9-8-12-32(24-28)40-35-15-6-4-13-33(35)39(31-10-2-1-3-11-31)34-14-5-7-16-36(34)40/h4-6,9-10,13-15,17-23,32,34,36H,1-3,7-8,11-12,16,24H2. The van der Waals surface area contributed by atoms with Crippen LogP contribution in [0.3, 0.4) is 0 Å². The Bertz CT molecular complexity index is 1520. The Balaban J connectivity index is 1.19. The molecular weight excluding hydrogens is 488 g/mol. The lowest BCUT2D eigenvalue weighted by Gasteiger charge is -2.54. The van der Waals surface area contributed by atoms with Crippen molar-refractivity contribution in [2.45, 2.75) is 75.9 Å². The summed E-state index contributed by atoms with van der Waals surface area (Å²) in [6.07, 6.45) is 22.3. The van der Waals surface area contributed by atoms with E-state index in [1.54, 1.807) is 6.20 Å². The van der Waals surface area contributed by atoms with Gasteiger partial charge < -0.3 is 9.80 Å². The first-order chi connectivity index (χ1) is 19.8. The van der Waals surface area contributed by atoms with Gasteiger partial charge in [0, 0.05) is 17.9 Å². The van der Waals surface area contributed by atoms with Crippen LogP contribution in [0.15, 0.2) is 96.9 Å². The minimum atomic E-state index is 0.403. The lowest BCUT2D eigenvalue weighted by molar-refractivity contribution is 0.404. The summed E-state index contributed by atoms with van der Waals surface area (Å²) in [4.78, 5) is 9.64. The molecule has 0 radical (unpaired) electrons. The van der Waals surface area contributed by atoms with Crippen molar-refractivity contribution in [1.29, 1.82) is 5.26 Å². The fraction of sp³-hybridized carbons (Fsp3) is 0.333. The monoisotopic (exact) mass is 524 g/mol. The maximum atomic E-state index is 9.24. The number of rotatable bonds is 4. The van der Waals surface area contributed by atoms with Crippen LogP contribution in [0.5, 0.6) is 0 Å². The van der Waals surface area contributed by atoms with E-state index in [2.05, 4.69) is 93.7 Å². The third-order valence-electron chi connectivity index (χ3n) is 9.21.